The van der Waals surface area contributed by atoms with Gasteiger partial charge >= 0.3 is 0 Å². The van der Waals surface area contributed by atoms with Gasteiger partial charge in [-0.3, -0.25) is 0 Å². The maximum absolute atomic E-state index is 10.8. The Morgan fingerprint density at radius 2 is 1.57 bits per heavy atom. The van der Waals surface area contributed by atoms with Crippen molar-refractivity contribution in [2.45, 2.75) is 110 Å². The highest BCUT2D eigenvalue weighted by Gasteiger charge is 2.61. The molecule has 35 heavy (non-hydrogen) atoms. The van der Waals surface area contributed by atoms with Gasteiger partial charge in [0.1, 0.15) is 0 Å². The Balaban J connectivity index is 1.22. The van der Waals surface area contributed by atoms with Crippen molar-refractivity contribution >= 4 is 11.6 Å². The van der Waals surface area contributed by atoms with E-state index in [4.69, 9.17) is 11.6 Å². The predicted octanol–water partition coefficient (Wildman–Crippen LogP) is 7.17. The highest BCUT2D eigenvalue weighted by Crippen LogP contribution is 2.68. The van der Waals surface area contributed by atoms with Gasteiger partial charge in [-0.2, -0.15) is 0 Å². The van der Waals surface area contributed by atoms with Crippen LogP contribution in [0.25, 0.3) is 0 Å². The number of hydrogen-bond acceptors (Lipinski definition) is 3. The van der Waals surface area contributed by atoms with E-state index in [0.717, 1.165) is 55.4 Å². The van der Waals surface area contributed by atoms with Crippen molar-refractivity contribution in [3.8, 4) is 0 Å². The van der Waals surface area contributed by atoms with Crippen LogP contribution in [0.4, 0.5) is 0 Å². The summed E-state index contributed by atoms with van der Waals surface area (Å²) in [6.45, 7) is 7.52. The molecule has 0 aromatic heterocycles. The van der Waals surface area contributed by atoms with Crippen LogP contribution in [0.3, 0.4) is 0 Å². The summed E-state index contributed by atoms with van der Waals surface area (Å²) < 4.78 is 0. The van der Waals surface area contributed by atoms with E-state index >= 15 is 0 Å². The Labute approximate surface area is 217 Å². The molecule has 4 saturated carbocycles. The second-order valence-corrected chi connectivity index (χ2v) is 13.7. The Morgan fingerprint density at radius 1 is 0.886 bits per heavy atom. The molecule has 4 aliphatic carbocycles. The van der Waals surface area contributed by atoms with Gasteiger partial charge in [-0.25, -0.2) is 0 Å². The van der Waals surface area contributed by atoms with E-state index in [9.17, 15) is 15.3 Å². The average Bonchev–Trinajstić information content (AvgIpc) is 3.19. The molecule has 196 valence electrons. The molecule has 0 bridgehead atoms. The summed E-state index contributed by atoms with van der Waals surface area (Å²) in [5, 5.41) is 32.5. The Kier molecular flexibility index (Phi) is 7.38. The zero-order chi connectivity index (χ0) is 25.0. The summed E-state index contributed by atoms with van der Waals surface area (Å²) >= 11 is 6.30. The zero-order valence-electron chi connectivity index (χ0n) is 22.0. The highest BCUT2D eigenvalue weighted by atomic mass is 35.5. The lowest BCUT2D eigenvalue weighted by atomic mass is 9.44. The van der Waals surface area contributed by atoms with Crippen molar-refractivity contribution in [1.29, 1.82) is 0 Å². The van der Waals surface area contributed by atoms with Crippen LogP contribution in [0.1, 0.15) is 103 Å². The molecule has 0 aliphatic heterocycles. The lowest BCUT2D eigenvalue weighted by Crippen LogP contribution is -2.58. The van der Waals surface area contributed by atoms with E-state index in [1.165, 1.54) is 38.5 Å². The molecule has 0 saturated heterocycles. The summed E-state index contributed by atoms with van der Waals surface area (Å²) in [7, 11) is 0. The SMILES string of the molecule is CC(CCCC(O)c1ccccc1Cl)[C@H]1CC[C@H]2[C@@H]3CC[C@H]4[C@@H](O)[C@@H](O)CC[C@]4(C)[C@H]3CC[C@]12C. The van der Waals surface area contributed by atoms with Crippen LogP contribution < -0.4 is 0 Å². The maximum atomic E-state index is 10.8. The first-order chi connectivity index (χ1) is 16.7. The second kappa shape index (κ2) is 9.93. The second-order valence-electron chi connectivity index (χ2n) is 13.3. The molecule has 4 aliphatic rings. The fourth-order valence-electron chi connectivity index (χ4n) is 10.0. The Hall–Kier alpha value is -0.610. The van der Waals surface area contributed by atoms with Crippen molar-refractivity contribution in [3.05, 3.63) is 34.9 Å². The molecule has 3 N–H and O–H groups in total. The first-order valence-corrected chi connectivity index (χ1v) is 14.8. The Bertz CT molecular complexity index is 890. The average molecular weight is 503 g/mol. The number of hydrogen-bond donors (Lipinski definition) is 3. The molecule has 1 aromatic rings. The topological polar surface area (TPSA) is 60.7 Å². The van der Waals surface area contributed by atoms with E-state index in [1.54, 1.807) is 0 Å². The largest absolute Gasteiger partial charge is 0.390 e. The van der Waals surface area contributed by atoms with Gasteiger partial charge in [0.05, 0.1) is 18.3 Å². The monoisotopic (exact) mass is 502 g/mol. The van der Waals surface area contributed by atoms with Crippen LogP contribution >= 0.6 is 11.6 Å². The van der Waals surface area contributed by atoms with Crippen molar-refractivity contribution in [2.24, 2.45) is 46.3 Å². The van der Waals surface area contributed by atoms with Gasteiger partial charge in [0, 0.05) is 5.02 Å². The molecule has 2 unspecified atom stereocenters. The van der Waals surface area contributed by atoms with E-state index in [2.05, 4.69) is 20.8 Å². The van der Waals surface area contributed by atoms with Crippen molar-refractivity contribution < 1.29 is 15.3 Å². The smallest absolute Gasteiger partial charge is 0.0832 e. The molecular formula is C31H47ClO3. The molecule has 3 nitrogen and oxygen atoms in total. The number of aliphatic hydroxyl groups excluding tert-OH is 3. The summed E-state index contributed by atoms with van der Waals surface area (Å²) in [5.74, 6) is 4.04. The van der Waals surface area contributed by atoms with Crippen molar-refractivity contribution in [2.75, 3.05) is 0 Å². The highest BCUT2D eigenvalue weighted by molar-refractivity contribution is 6.31. The molecule has 0 radical (unpaired) electrons. The van der Waals surface area contributed by atoms with E-state index in [1.807, 2.05) is 24.3 Å². The summed E-state index contributed by atoms with van der Waals surface area (Å²) in [6, 6.07) is 7.67. The van der Waals surface area contributed by atoms with Gasteiger partial charge in [-0.15, -0.1) is 0 Å². The van der Waals surface area contributed by atoms with E-state index in [0.29, 0.717) is 22.3 Å². The lowest BCUT2D eigenvalue weighted by molar-refractivity contribution is -0.174. The molecule has 5 rings (SSSR count). The minimum atomic E-state index is -0.527. The molecule has 1 aromatic carbocycles. The fourth-order valence-corrected chi connectivity index (χ4v) is 10.3. The third-order valence-corrected chi connectivity index (χ3v) is 12.2. The molecule has 11 atom stereocenters. The molecule has 0 heterocycles. The zero-order valence-corrected chi connectivity index (χ0v) is 22.8. The minimum Gasteiger partial charge on any atom is -0.390 e. The Morgan fingerprint density at radius 3 is 2.34 bits per heavy atom. The molecular weight excluding hydrogens is 456 g/mol. The molecule has 0 spiro atoms. The minimum absolute atomic E-state index is 0.196. The number of halogens is 1. The number of rotatable bonds is 6. The molecule has 0 amide bonds. The summed E-state index contributed by atoms with van der Waals surface area (Å²) in [5.41, 5.74) is 1.48. The van der Waals surface area contributed by atoms with Gasteiger partial charge in [0.2, 0.25) is 0 Å². The number of fused-ring (bicyclic) bond motifs is 5. The van der Waals surface area contributed by atoms with Crippen LogP contribution in [-0.4, -0.2) is 27.5 Å². The van der Waals surface area contributed by atoms with Crippen LogP contribution in [0.2, 0.25) is 5.02 Å². The van der Waals surface area contributed by atoms with E-state index in [-0.39, 0.29) is 11.3 Å². The third-order valence-electron chi connectivity index (χ3n) is 11.9. The molecule has 4 heteroatoms. The van der Waals surface area contributed by atoms with Crippen molar-refractivity contribution in [3.63, 3.8) is 0 Å². The standard InChI is InChI=1S/C31H47ClO3/c1-19(7-6-10-27(33)21-8-4-5-9-26(21)32)22-13-14-23-20-11-12-25-29(35)28(34)16-18-31(25,3)24(20)15-17-30(22,23)2/h4-5,8-9,19-20,22-25,27-29,33-35H,6-7,10-18H2,1-3H3/t19?,20-,22+,23-,24-,25-,27?,28-,29+,30+,31+/m0/s1. The lowest BCUT2D eigenvalue weighted by Gasteiger charge is -2.62. The van der Waals surface area contributed by atoms with Crippen LogP contribution in [0, 0.1) is 46.3 Å². The summed E-state index contributed by atoms with van der Waals surface area (Å²) in [4.78, 5) is 0. The molecule has 4 fully saturated rings. The van der Waals surface area contributed by atoms with Crippen LogP contribution in [0.15, 0.2) is 24.3 Å². The van der Waals surface area contributed by atoms with Gasteiger partial charge < -0.3 is 15.3 Å². The third kappa shape index (κ3) is 4.41. The van der Waals surface area contributed by atoms with Gasteiger partial charge in [0.25, 0.3) is 0 Å². The van der Waals surface area contributed by atoms with Crippen molar-refractivity contribution in [1.82, 2.24) is 0 Å². The summed E-state index contributed by atoms with van der Waals surface area (Å²) in [6.07, 6.45) is 10.9. The first-order valence-electron chi connectivity index (χ1n) is 14.5. The predicted molar refractivity (Wildman–Crippen MR) is 142 cm³/mol. The number of benzene rings is 1. The first kappa shape index (κ1) is 26.0. The normalized spacial score (nSPS) is 44.7. The van der Waals surface area contributed by atoms with E-state index < -0.39 is 18.3 Å². The van der Waals surface area contributed by atoms with Gasteiger partial charge in [-0.1, -0.05) is 63.4 Å². The quantitative estimate of drug-likeness (QED) is 0.386. The maximum Gasteiger partial charge on any atom is 0.0832 e. The number of aliphatic hydroxyl groups is 3. The van der Waals surface area contributed by atoms with Gasteiger partial charge in [0.15, 0.2) is 0 Å². The van der Waals surface area contributed by atoms with Gasteiger partial charge in [-0.05, 0) is 116 Å². The van der Waals surface area contributed by atoms with Crippen LogP contribution in [-0.2, 0) is 0 Å². The fraction of sp³-hybridized carbons (Fsp3) is 0.806. The van der Waals surface area contributed by atoms with Crippen LogP contribution in [0.5, 0.6) is 0 Å².